The zero-order chi connectivity index (χ0) is 12.3. The van der Waals surface area contributed by atoms with E-state index in [0.717, 1.165) is 15.6 Å². The lowest BCUT2D eigenvalue weighted by molar-refractivity contribution is 0.112. The third-order valence-corrected chi connectivity index (χ3v) is 3.38. The average Bonchev–Trinajstić information content (AvgIpc) is 2.32. The monoisotopic (exact) mass is 358 g/mol. The Morgan fingerprint density at radius 3 is 2.59 bits per heavy atom. The average molecular weight is 359 g/mol. The van der Waals surface area contributed by atoms with Gasteiger partial charge in [-0.3, -0.25) is 4.79 Å². The molecule has 0 heterocycles. The van der Waals surface area contributed by atoms with Crippen LogP contribution in [0.1, 0.15) is 10.4 Å². The van der Waals surface area contributed by atoms with E-state index in [1.54, 1.807) is 18.2 Å². The SMILES string of the molecule is O=Cc1ccc(Oc2ccccc2I)cc1Cl. The molecule has 17 heavy (non-hydrogen) atoms. The number of ether oxygens (including phenoxy) is 1. The Kier molecular flexibility index (Phi) is 4.02. The van der Waals surface area contributed by atoms with Crippen molar-refractivity contribution in [3.8, 4) is 11.5 Å². The van der Waals surface area contributed by atoms with Gasteiger partial charge >= 0.3 is 0 Å². The second-order valence-electron chi connectivity index (χ2n) is 3.33. The van der Waals surface area contributed by atoms with Gasteiger partial charge in [-0.25, -0.2) is 0 Å². The highest BCUT2D eigenvalue weighted by molar-refractivity contribution is 14.1. The number of halogens is 2. The van der Waals surface area contributed by atoms with Crippen molar-refractivity contribution in [1.82, 2.24) is 0 Å². The van der Waals surface area contributed by atoms with Gasteiger partial charge < -0.3 is 4.74 Å². The van der Waals surface area contributed by atoms with Crippen LogP contribution in [0.5, 0.6) is 11.5 Å². The van der Waals surface area contributed by atoms with Gasteiger partial charge in [0, 0.05) is 11.6 Å². The summed E-state index contributed by atoms with van der Waals surface area (Å²) in [6, 6.07) is 12.7. The topological polar surface area (TPSA) is 26.3 Å². The Bertz CT molecular complexity index is 555. The summed E-state index contributed by atoms with van der Waals surface area (Å²) in [5.41, 5.74) is 0.460. The van der Waals surface area contributed by atoms with Crippen molar-refractivity contribution in [1.29, 1.82) is 0 Å². The van der Waals surface area contributed by atoms with Gasteiger partial charge in [-0.15, -0.1) is 0 Å². The molecule has 0 aliphatic carbocycles. The number of hydrogen-bond donors (Lipinski definition) is 0. The summed E-state index contributed by atoms with van der Waals surface area (Å²) in [6.07, 6.45) is 0.721. The third kappa shape index (κ3) is 2.98. The molecule has 0 aromatic heterocycles. The molecule has 2 aromatic carbocycles. The molecule has 0 unspecified atom stereocenters. The predicted octanol–water partition coefficient (Wildman–Crippen LogP) is 4.55. The molecule has 2 aromatic rings. The second kappa shape index (κ2) is 5.51. The molecule has 0 N–H and O–H groups in total. The van der Waals surface area contributed by atoms with Crippen LogP contribution in [0.4, 0.5) is 0 Å². The van der Waals surface area contributed by atoms with E-state index in [2.05, 4.69) is 22.6 Å². The molecule has 0 amide bonds. The summed E-state index contributed by atoms with van der Waals surface area (Å²) in [7, 11) is 0. The molecule has 2 nitrogen and oxygen atoms in total. The first kappa shape index (κ1) is 12.4. The Labute approximate surface area is 118 Å². The van der Waals surface area contributed by atoms with Crippen LogP contribution < -0.4 is 4.74 Å². The molecule has 0 aliphatic heterocycles. The lowest BCUT2D eigenvalue weighted by Crippen LogP contribution is -1.88. The molecule has 0 aliphatic rings. The number of aldehydes is 1. The lowest BCUT2D eigenvalue weighted by Gasteiger charge is -2.08. The number of hydrogen-bond acceptors (Lipinski definition) is 2. The van der Waals surface area contributed by atoms with Crippen molar-refractivity contribution in [3.05, 3.63) is 56.6 Å². The van der Waals surface area contributed by atoms with Gasteiger partial charge in [0.2, 0.25) is 0 Å². The molecule has 2 rings (SSSR count). The minimum Gasteiger partial charge on any atom is -0.456 e. The molecular formula is C13H8ClIO2. The first-order valence-corrected chi connectivity index (χ1v) is 6.33. The predicted molar refractivity (Wildman–Crippen MR) is 76.1 cm³/mol. The Morgan fingerprint density at radius 1 is 1.18 bits per heavy atom. The van der Waals surface area contributed by atoms with E-state index in [-0.39, 0.29) is 0 Å². The molecule has 4 heteroatoms. The van der Waals surface area contributed by atoms with E-state index in [1.165, 1.54) is 0 Å². The highest BCUT2D eigenvalue weighted by Gasteiger charge is 2.04. The highest BCUT2D eigenvalue weighted by Crippen LogP contribution is 2.29. The molecule has 0 atom stereocenters. The number of para-hydroxylation sites is 1. The summed E-state index contributed by atoms with van der Waals surface area (Å²) in [4.78, 5) is 10.6. The Hall–Kier alpha value is -1.07. The number of carbonyl (C=O) groups is 1. The van der Waals surface area contributed by atoms with E-state index in [4.69, 9.17) is 16.3 Å². The molecule has 0 radical (unpaired) electrons. The summed E-state index contributed by atoms with van der Waals surface area (Å²) in [6.45, 7) is 0. The van der Waals surface area contributed by atoms with E-state index >= 15 is 0 Å². The van der Waals surface area contributed by atoms with Crippen LogP contribution in [0.25, 0.3) is 0 Å². The van der Waals surface area contributed by atoms with Crippen molar-refractivity contribution in [2.45, 2.75) is 0 Å². The van der Waals surface area contributed by atoms with Gasteiger partial charge in [0.05, 0.1) is 8.59 Å². The van der Waals surface area contributed by atoms with Gasteiger partial charge in [-0.1, -0.05) is 23.7 Å². The van der Waals surface area contributed by atoms with E-state index in [9.17, 15) is 4.79 Å². The van der Waals surface area contributed by atoms with Gasteiger partial charge in [0.1, 0.15) is 11.5 Å². The standard InChI is InChI=1S/C13H8ClIO2/c14-11-7-10(6-5-9(11)8-16)17-13-4-2-1-3-12(13)15/h1-8H. The molecule has 0 saturated carbocycles. The number of rotatable bonds is 3. The van der Waals surface area contributed by atoms with E-state index < -0.39 is 0 Å². The van der Waals surface area contributed by atoms with Crippen LogP contribution in [-0.4, -0.2) is 6.29 Å². The van der Waals surface area contributed by atoms with E-state index in [0.29, 0.717) is 16.3 Å². The van der Waals surface area contributed by atoms with Crippen LogP contribution in [-0.2, 0) is 0 Å². The fourth-order valence-electron chi connectivity index (χ4n) is 1.32. The molecule has 0 saturated heterocycles. The highest BCUT2D eigenvalue weighted by atomic mass is 127. The van der Waals surface area contributed by atoms with Crippen LogP contribution in [0.2, 0.25) is 5.02 Å². The lowest BCUT2D eigenvalue weighted by atomic mass is 10.2. The zero-order valence-electron chi connectivity index (χ0n) is 8.69. The molecule has 0 bridgehead atoms. The summed E-state index contributed by atoms with van der Waals surface area (Å²) < 4.78 is 6.70. The van der Waals surface area contributed by atoms with Gasteiger partial charge in [-0.2, -0.15) is 0 Å². The minimum absolute atomic E-state index is 0.392. The maximum Gasteiger partial charge on any atom is 0.151 e. The summed E-state index contributed by atoms with van der Waals surface area (Å²) in [5, 5.41) is 0.392. The maximum atomic E-state index is 10.6. The molecule has 0 fully saturated rings. The Balaban J connectivity index is 2.28. The normalized spacial score (nSPS) is 10.0. The molecular weight excluding hydrogens is 350 g/mol. The van der Waals surface area contributed by atoms with E-state index in [1.807, 2.05) is 24.3 Å². The van der Waals surface area contributed by atoms with Crippen molar-refractivity contribution in [3.63, 3.8) is 0 Å². The fraction of sp³-hybridized carbons (Fsp3) is 0. The number of carbonyl (C=O) groups excluding carboxylic acids is 1. The zero-order valence-corrected chi connectivity index (χ0v) is 11.6. The fourth-order valence-corrected chi connectivity index (χ4v) is 2.03. The van der Waals surface area contributed by atoms with Gasteiger partial charge in [0.25, 0.3) is 0 Å². The van der Waals surface area contributed by atoms with Crippen LogP contribution in [0.3, 0.4) is 0 Å². The first-order valence-electron chi connectivity index (χ1n) is 4.88. The minimum atomic E-state index is 0.392. The smallest absolute Gasteiger partial charge is 0.151 e. The van der Waals surface area contributed by atoms with Crippen molar-refractivity contribution in [2.75, 3.05) is 0 Å². The summed E-state index contributed by atoms with van der Waals surface area (Å²) in [5.74, 6) is 1.38. The van der Waals surface area contributed by atoms with Crippen LogP contribution in [0, 0.1) is 3.57 Å². The second-order valence-corrected chi connectivity index (χ2v) is 4.90. The van der Waals surface area contributed by atoms with Gasteiger partial charge in [0.15, 0.2) is 6.29 Å². The van der Waals surface area contributed by atoms with Crippen LogP contribution >= 0.6 is 34.2 Å². The van der Waals surface area contributed by atoms with Crippen LogP contribution in [0.15, 0.2) is 42.5 Å². The molecule has 0 spiro atoms. The maximum absolute atomic E-state index is 10.6. The number of benzene rings is 2. The first-order chi connectivity index (χ1) is 8.20. The van der Waals surface area contributed by atoms with Crippen molar-refractivity contribution < 1.29 is 9.53 Å². The molecule has 86 valence electrons. The summed E-state index contributed by atoms with van der Waals surface area (Å²) >= 11 is 8.12. The van der Waals surface area contributed by atoms with Crippen molar-refractivity contribution in [2.24, 2.45) is 0 Å². The quantitative estimate of drug-likeness (QED) is 0.594. The largest absolute Gasteiger partial charge is 0.456 e. The Morgan fingerprint density at radius 2 is 1.94 bits per heavy atom. The van der Waals surface area contributed by atoms with Crippen molar-refractivity contribution >= 4 is 40.5 Å². The van der Waals surface area contributed by atoms with Gasteiger partial charge in [-0.05, 0) is 46.9 Å². The third-order valence-electron chi connectivity index (χ3n) is 2.16.